The highest BCUT2D eigenvalue weighted by Crippen LogP contribution is 2.20. The van der Waals surface area contributed by atoms with Gasteiger partial charge in [0.2, 0.25) is 0 Å². The van der Waals surface area contributed by atoms with Crippen LogP contribution >= 0.6 is 35.0 Å². The van der Waals surface area contributed by atoms with Crippen molar-refractivity contribution in [1.82, 2.24) is 10.3 Å². The minimum atomic E-state index is -0.685. The predicted molar refractivity (Wildman–Crippen MR) is 94.7 cm³/mol. The van der Waals surface area contributed by atoms with Gasteiger partial charge in [-0.3, -0.25) is 4.79 Å². The molecule has 0 atom stereocenters. The molecule has 24 heavy (non-hydrogen) atoms. The summed E-state index contributed by atoms with van der Waals surface area (Å²) in [6.45, 7) is 0.110. The molecule has 5 nitrogen and oxygen atoms in total. The first kappa shape index (κ1) is 18.6. The standard InChI is InChI=1S/C16H14Cl2N2O3S/c17-13-8-11(9-20-15(13)18)16(22)23-10-14(21)19-6-7-24-12-4-2-1-3-5-12/h1-5,8-9H,6-7,10H2,(H,19,21). The van der Waals surface area contributed by atoms with Crippen LogP contribution in [-0.2, 0) is 9.53 Å². The van der Waals surface area contributed by atoms with Crippen molar-refractivity contribution < 1.29 is 14.3 Å². The van der Waals surface area contributed by atoms with E-state index in [9.17, 15) is 9.59 Å². The second kappa shape index (κ2) is 9.52. The summed E-state index contributed by atoms with van der Waals surface area (Å²) >= 11 is 13.1. The van der Waals surface area contributed by atoms with Gasteiger partial charge in [0.1, 0.15) is 5.15 Å². The Balaban J connectivity index is 1.67. The number of carbonyl (C=O) groups excluding carboxylic acids is 2. The van der Waals surface area contributed by atoms with Gasteiger partial charge in [-0.25, -0.2) is 9.78 Å². The van der Waals surface area contributed by atoms with Gasteiger partial charge >= 0.3 is 5.97 Å². The molecule has 0 spiro atoms. The van der Waals surface area contributed by atoms with Gasteiger partial charge in [0.15, 0.2) is 6.61 Å². The summed E-state index contributed by atoms with van der Waals surface area (Å²) in [6, 6.07) is 11.2. The largest absolute Gasteiger partial charge is 0.452 e. The number of pyridine rings is 1. The lowest BCUT2D eigenvalue weighted by Crippen LogP contribution is -2.30. The van der Waals surface area contributed by atoms with Crippen molar-refractivity contribution in [3.63, 3.8) is 0 Å². The molecule has 1 heterocycles. The zero-order chi connectivity index (χ0) is 17.4. The van der Waals surface area contributed by atoms with Gasteiger partial charge in [-0.15, -0.1) is 11.8 Å². The van der Waals surface area contributed by atoms with Gasteiger partial charge in [-0.05, 0) is 18.2 Å². The topological polar surface area (TPSA) is 68.3 Å². The van der Waals surface area contributed by atoms with Crippen molar-refractivity contribution in [1.29, 1.82) is 0 Å². The lowest BCUT2D eigenvalue weighted by molar-refractivity contribution is -0.124. The van der Waals surface area contributed by atoms with Crippen LogP contribution in [0, 0.1) is 0 Å². The van der Waals surface area contributed by atoms with Crippen molar-refractivity contribution in [2.75, 3.05) is 18.9 Å². The van der Waals surface area contributed by atoms with E-state index in [0.717, 1.165) is 10.6 Å². The van der Waals surface area contributed by atoms with Crippen LogP contribution in [0.2, 0.25) is 10.2 Å². The number of hydrogen-bond donors (Lipinski definition) is 1. The third-order valence-electron chi connectivity index (χ3n) is 2.80. The number of benzene rings is 1. The van der Waals surface area contributed by atoms with E-state index in [4.69, 9.17) is 27.9 Å². The predicted octanol–water partition coefficient (Wildman–Crippen LogP) is 3.45. The zero-order valence-corrected chi connectivity index (χ0v) is 14.8. The van der Waals surface area contributed by atoms with Crippen LogP contribution in [0.15, 0.2) is 47.5 Å². The van der Waals surface area contributed by atoms with Crippen LogP contribution in [0.1, 0.15) is 10.4 Å². The number of thioether (sulfide) groups is 1. The van der Waals surface area contributed by atoms with Crippen LogP contribution in [0.3, 0.4) is 0 Å². The Hall–Kier alpha value is -1.76. The SMILES string of the molecule is O=C(COC(=O)c1cnc(Cl)c(Cl)c1)NCCSc1ccccc1. The molecule has 126 valence electrons. The Morgan fingerprint density at radius 3 is 2.67 bits per heavy atom. The fraction of sp³-hybridized carbons (Fsp3) is 0.188. The van der Waals surface area contributed by atoms with E-state index in [1.807, 2.05) is 30.3 Å². The number of hydrogen-bond acceptors (Lipinski definition) is 5. The van der Waals surface area contributed by atoms with Crippen LogP contribution in [-0.4, -0.2) is 35.8 Å². The maximum absolute atomic E-state index is 11.8. The Morgan fingerprint density at radius 2 is 1.96 bits per heavy atom. The van der Waals surface area contributed by atoms with Crippen molar-refractivity contribution in [3.8, 4) is 0 Å². The van der Waals surface area contributed by atoms with Crippen LogP contribution in [0.25, 0.3) is 0 Å². The van der Waals surface area contributed by atoms with Gasteiger partial charge in [0.25, 0.3) is 5.91 Å². The molecule has 1 aromatic carbocycles. The van der Waals surface area contributed by atoms with Crippen molar-refractivity contribution in [2.45, 2.75) is 4.90 Å². The number of halogens is 2. The van der Waals surface area contributed by atoms with E-state index in [1.54, 1.807) is 11.8 Å². The highest BCUT2D eigenvalue weighted by molar-refractivity contribution is 7.99. The molecule has 0 aliphatic heterocycles. The van der Waals surface area contributed by atoms with Crippen LogP contribution in [0.4, 0.5) is 0 Å². The molecule has 8 heteroatoms. The van der Waals surface area contributed by atoms with E-state index in [2.05, 4.69) is 10.3 Å². The fourth-order valence-electron chi connectivity index (χ4n) is 1.67. The number of ether oxygens (including phenoxy) is 1. The van der Waals surface area contributed by atoms with Gasteiger partial charge < -0.3 is 10.1 Å². The first-order chi connectivity index (χ1) is 11.6. The van der Waals surface area contributed by atoms with Gasteiger partial charge in [0.05, 0.1) is 10.6 Å². The van der Waals surface area contributed by atoms with E-state index < -0.39 is 5.97 Å². The summed E-state index contributed by atoms with van der Waals surface area (Å²) in [5.41, 5.74) is 0.136. The first-order valence-corrected chi connectivity index (χ1v) is 8.73. The number of amides is 1. The summed E-state index contributed by atoms with van der Waals surface area (Å²) in [5, 5.41) is 2.93. The van der Waals surface area contributed by atoms with E-state index in [0.29, 0.717) is 6.54 Å². The van der Waals surface area contributed by atoms with E-state index in [-0.39, 0.29) is 28.3 Å². The third kappa shape index (κ3) is 6.03. The summed E-state index contributed by atoms with van der Waals surface area (Å²) in [7, 11) is 0. The van der Waals surface area contributed by atoms with Gasteiger partial charge in [0, 0.05) is 23.4 Å². The molecule has 0 fully saturated rings. The molecule has 0 aliphatic carbocycles. The molecule has 2 rings (SSSR count). The van der Waals surface area contributed by atoms with Crippen LogP contribution in [0.5, 0.6) is 0 Å². The molecular weight excluding hydrogens is 371 g/mol. The highest BCUT2D eigenvalue weighted by Gasteiger charge is 2.12. The second-order valence-corrected chi connectivity index (χ2v) is 6.52. The van der Waals surface area contributed by atoms with Gasteiger partial charge in [-0.1, -0.05) is 41.4 Å². The fourth-order valence-corrected chi connectivity index (χ4v) is 2.73. The number of nitrogens with zero attached hydrogens (tertiary/aromatic N) is 1. The molecule has 1 amide bonds. The summed E-state index contributed by atoms with van der Waals surface area (Å²) in [6.07, 6.45) is 1.24. The summed E-state index contributed by atoms with van der Waals surface area (Å²) < 4.78 is 4.90. The Kier molecular flexibility index (Phi) is 7.36. The summed E-state index contributed by atoms with van der Waals surface area (Å²) in [5.74, 6) is -0.333. The Labute approximate surface area is 153 Å². The molecule has 0 radical (unpaired) electrons. The van der Waals surface area contributed by atoms with Crippen LogP contribution < -0.4 is 5.32 Å². The maximum Gasteiger partial charge on any atom is 0.340 e. The second-order valence-electron chi connectivity index (χ2n) is 4.58. The molecule has 0 saturated heterocycles. The number of rotatable bonds is 7. The minimum Gasteiger partial charge on any atom is -0.452 e. The normalized spacial score (nSPS) is 10.2. The summed E-state index contributed by atoms with van der Waals surface area (Å²) in [4.78, 5) is 28.3. The van der Waals surface area contributed by atoms with Crippen molar-refractivity contribution in [3.05, 3.63) is 58.3 Å². The Morgan fingerprint density at radius 1 is 1.21 bits per heavy atom. The number of carbonyl (C=O) groups is 2. The van der Waals surface area contributed by atoms with Crippen molar-refractivity contribution in [2.24, 2.45) is 0 Å². The number of esters is 1. The molecule has 0 saturated carbocycles. The number of aromatic nitrogens is 1. The average Bonchev–Trinajstić information content (AvgIpc) is 2.60. The first-order valence-electron chi connectivity index (χ1n) is 6.99. The minimum absolute atomic E-state index is 0.0990. The van der Waals surface area contributed by atoms with E-state index in [1.165, 1.54) is 12.3 Å². The van der Waals surface area contributed by atoms with Gasteiger partial charge in [-0.2, -0.15) is 0 Å². The molecule has 0 bridgehead atoms. The quantitative estimate of drug-likeness (QED) is 0.342. The zero-order valence-electron chi connectivity index (χ0n) is 12.5. The molecule has 1 aromatic heterocycles. The highest BCUT2D eigenvalue weighted by atomic mass is 35.5. The molecule has 0 aliphatic rings. The molecule has 2 aromatic rings. The smallest absolute Gasteiger partial charge is 0.340 e. The average molecular weight is 385 g/mol. The lowest BCUT2D eigenvalue weighted by atomic mass is 10.3. The molecule has 1 N–H and O–H groups in total. The maximum atomic E-state index is 11.8. The molecule has 0 unspecified atom stereocenters. The monoisotopic (exact) mass is 384 g/mol. The number of nitrogens with one attached hydrogen (secondary N) is 1. The Bertz CT molecular complexity index is 714. The third-order valence-corrected chi connectivity index (χ3v) is 4.50. The van der Waals surface area contributed by atoms with Crippen molar-refractivity contribution >= 4 is 46.8 Å². The lowest BCUT2D eigenvalue weighted by Gasteiger charge is -2.07. The molecular formula is C16H14Cl2N2O3S. The van der Waals surface area contributed by atoms with E-state index >= 15 is 0 Å².